The fourth-order valence-corrected chi connectivity index (χ4v) is 1.82. The molecule has 0 amide bonds. The Bertz CT molecular complexity index is 255. The van der Waals surface area contributed by atoms with Crippen LogP contribution in [0, 0.1) is 3.70 Å². The molecule has 1 aromatic rings. The van der Waals surface area contributed by atoms with Crippen LogP contribution in [-0.4, -0.2) is 16.4 Å². The zero-order chi connectivity index (χ0) is 8.39. The zero-order valence-corrected chi connectivity index (χ0v) is 8.90. The minimum absolute atomic E-state index is 0.183. The monoisotopic (exact) mass is 278 g/mol. The first-order valence-electron chi connectivity index (χ1n) is 4.18. The first-order chi connectivity index (χ1) is 5.86. The molecule has 1 aromatic heterocycles. The number of halogens is 1. The first-order valence-corrected chi connectivity index (χ1v) is 5.26. The van der Waals surface area contributed by atoms with Crippen LogP contribution in [-0.2, 0) is 4.74 Å². The minimum atomic E-state index is 0.183. The molecule has 0 spiro atoms. The molecule has 1 aliphatic rings. The summed E-state index contributed by atoms with van der Waals surface area (Å²) in [6, 6.07) is 2.00. The van der Waals surface area contributed by atoms with Crippen molar-refractivity contribution in [1.82, 2.24) is 9.78 Å². The van der Waals surface area contributed by atoms with E-state index >= 15 is 0 Å². The summed E-state index contributed by atoms with van der Waals surface area (Å²) in [6.07, 6.45) is 5.70. The van der Waals surface area contributed by atoms with Crippen molar-refractivity contribution < 1.29 is 4.74 Å². The van der Waals surface area contributed by atoms with Gasteiger partial charge in [-0.05, 0) is 47.9 Å². The van der Waals surface area contributed by atoms with Crippen LogP contribution < -0.4 is 0 Å². The molecular weight excluding hydrogens is 267 g/mol. The maximum absolute atomic E-state index is 5.57. The van der Waals surface area contributed by atoms with Gasteiger partial charge in [0.15, 0.2) is 0 Å². The topological polar surface area (TPSA) is 27.1 Å². The van der Waals surface area contributed by atoms with Gasteiger partial charge in [0, 0.05) is 12.8 Å². The molecule has 0 unspecified atom stereocenters. The van der Waals surface area contributed by atoms with Crippen LogP contribution in [0.15, 0.2) is 12.3 Å². The Balaban J connectivity index is 2.08. The second-order valence-electron chi connectivity index (χ2n) is 2.94. The molecule has 0 N–H and O–H groups in total. The van der Waals surface area contributed by atoms with Crippen molar-refractivity contribution in [2.75, 3.05) is 6.61 Å². The lowest BCUT2D eigenvalue weighted by Gasteiger charge is -2.22. The van der Waals surface area contributed by atoms with Gasteiger partial charge in [0.25, 0.3) is 0 Å². The number of hydrogen-bond donors (Lipinski definition) is 0. The van der Waals surface area contributed by atoms with E-state index in [-0.39, 0.29) is 6.23 Å². The molecule has 0 aromatic carbocycles. The Labute approximate surface area is 85.2 Å². The molecule has 0 bridgehead atoms. The molecule has 2 rings (SSSR count). The number of ether oxygens (including phenoxy) is 1. The van der Waals surface area contributed by atoms with Gasteiger partial charge in [0.05, 0.1) is 0 Å². The molecule has 3 nitrogen and oxygen atoms in total. The second kappa shape index (κ2) is 3.74. The SMILES string of the molecule is Ic1ccn([C@@H]2CCCCO2)n1. The maximum Gasteiger partial charge on any atom is 0.150 e. The van der Waals surface area contributed by atoms with Gasteiger partial charge < -0.3 is 4.74 Å². The summed E-state index contributed by atoms with van der Waals surface area (Å²) < 4.78 is 8.52. The Kier molecular flexibility index (Phi) is 2.65. The third-order valence-electron chi connectivity index (χ3n) is 2.03. The molecule has 66 valence electrons. The molecular formula is C8H11IN2O. The third-order valence-corrected chi connectivity index (χ3v) is 2.60. The quantitative estimate of drug-likeness (QED) is 0.736. The fourth-order valence-electron chi connectivity index (χ4n) is 1.41. The summed E-state index contributed by atoms with van der Waals surface area (Å²) in [4.78, 5) is 0. The van der Waals surface area contributed by atoms with Gasteiger partial charge >= 0.3 is 0 Å². The van der Waals surface area contributed by atoms with E-state index in [9.17, 15) is 0 Å². The van der Waals surface area contributed by atoms with Crippen LogP contribution in [0.1, 0.15) is 25.5 Å². The van der Waals surface area contributed by atoms with Crippen LogP contribution in [0.25, 0.3) is 0 Å². The van der Waals surface area contributed by atoms with Gasteiger partial charge in [-0.25, -0.2) is 4.68 Å². The van der Waals surface area contributed by atoms with E-state index in [4.69, 9.17) is 4.74 Å². The van der Waals surface area contributed by atoms with E-state index in [1.54, 1.807) is 0 Å². The summed E-state index contributed by atoms with van der Waals surface area (Å²) >= 11 is 2.21. The van der Waals surface area contributed by atoms with Crippen molar-refractivity contribution in [1.29, 1.82) is 0 Å². The van der Waals surface area contributed by atoms with Gasteiger partial charge in [0.1, 0.15) is 9.93 Å². The molecule has 1 fully saturated rings. The highest BCUT2D eigenvalue weighted by Crippen LogP contribution is 2.21. The lowest BCUT2D eigenvalue weighted by molar-refractivity contribution is -0.0396. The lowest BCUT2D eigenvalue weighted by Crippen LogP contribution is -2.18. The van der Waals surface area contributed by atoms with E-state index < -0.39 is 0 Å². The fraction of sp³-hybridized carbons (Fsp3) is 0.625. The molecule has 2 heterocycles. The summed E-state index contributed by atoms with van der Waals surface area (Å²) in [6.45, 7) is 0.876. The Morgan fingerprint density at radius 1 is 1.58 bits per heavy atom. The molecule has 0 aliphatic carbocycles. The van der Waals surface area contributed by atoms with E-state index in [1.165, 1.54) is 12.8 Å². The van der Waals surface area contributed by atoms with Crippen LogP contribution in [0.2, 0.25) is 0 Å². The van der Waals surface area contributed by atoms with Crippen LogP contribution in [0.5, 0.6) is 0 Å². The Morgan fingerprint density at radius 2 is 2.50 bits per heavy atom. The van der Waals surface area contributed by atoms with Gasteiger partial charge in [-0.3, -0.25) is 0 Å². The van der Waals surface area contributed by atoms with Gasteiger partial charge in [0.2, 0.25) is 0 Å². The summed E-state index contributed by atoms with van der Waals surface area (Å²) in [5, 5.41) is 4.31. The van der Waals surface area contributed by atoms with Crippen molar-refractivity contribution in [3.63, 3.8) is 0 Å². The smallest absolute Gasteiger partial charge is 0.150 e. The van der Waals surface area contributed by atoms with Crippen molar-refractivity contribution >= 4 is 22.6 Å². The van der Waals surface area contributed by atoms with Gasteiger partial charge in [-0.2, -0.15) is 5.10 Å². The standard InChI is InChI=1S/C8H11IN2O/c9-7-4-5-11(10-7)8-3-1-2-6-12-8/h4-5,8H,1-3,6H2/t8-/m0/s1. The molecule has 4 heteroatoms. The normalized spacial score (nSPS) is 24.2. The maximum atomic E-state index is 5.57. The largest absolute Gasteiger partial charge is 0.357 e. The first kappa shape index (κ1) is 8.50. The number of rotatable bonds is 1. The van der Waals surface area contributed by atoms with Crippen molar-refractivity contribution in [2.45, 2.75) is 25.5 Å². The lowest BCUT2D eigenvalue weighted by atomic mass is 10.2. The van der Waals surface area contributed by atoms with Gasteiger partial charge in [-0.15, -0.1) is 0 Å². The molecule has 0 radical (unpaired) electrons. The van der Waals surface area contributed by atoms with E-state index in [1.807, 2.05) is 16.9 Å². The second-order valence-corrected chi connectivity index (χ2v) is 4.04. The molecule has 1 aliphatic heterocycles. The zero-order valence-electron chi connectivity index (χ0n) is 6.74. The predicted octanol–water partition coefficient (Wildman–Crippen LogP) is 2.19. The summed E-state index contributed by atoms with van der Waals surface area (Å²) in [7, 11) is 0. The highest BCUT2D eigenvalue weighted by molar-refractivity contribution is 14.1. The highest BCUT2D eigenvalue weighted by Gasteiger charge is 2.15. The van der Waals surface area contributed by atoms with Crippen molar-refractivity contribution in [3.8, 4) is 0 Å². The third kappa shape index (κ3) is 1.80. The van der Waals surface area contributed by atoms with Gasteiger partial charge in [-0.1, -0.05) is 0 Å². The van der Waals surface area contributed by atoms with E-state index in [2.05, 4.69) is 27.7 Å². The summed E-state index contributed by atoms with van der Waals surface area (Å²) in [5.74, 6) is 0. The number of hydrogen-bond acceptors (Lipinski definition) is 2. The van der Waals surface area contributed by atoms with E-state index in [0.717, 1.165) is 16.7 Å². The number of nitrogens with zero attached hydrogens (tertiary/aromatic N) is 2. The molecule has 12 heavy (non-hydrogen) atoms. The highest BCUT2D eigenvalue weighted by atomic mass is 127. The molecule has 0 saturated carbocycles. The van der Waals surface area contributed by atoms with Crippen LogP contribution in [0.4, 0.5) is 0 Å². The molecule has 1 saturated heterocycles. The van der Waals surface area contributed by atoms with Crippen molar-refractivity contribution in [2.24, 2.45) is 0 Å². The molecule has 1 atom stereocenters. The predicted molar refractivity (Wildman–Crippen MR) is 53.8 cm³/mol. The van der Waals surface area contributed by atoms with Crippen molar-refractivity contribution in [3.05, 3.63) is 16.0 Å². The van der Waals surface area contributed by atoms with Crippen LogP contribution in [0.3, 0.4) is 0 Å². The Hall–Kier alpha value is -0.100. The summed E-state index contributed by atoms with van der Waals surface area (Å²) in [5.41, 5.74) is 0. The van der Waals surface area contributed by atoms with Crippen LogP contribution >= 0.6 is 22.6 Å². The average Bonchev–Trinajstić information content (AvgIpc) is 2.54. The Morgan fingerprint density at radius 3 is 3.08 bits per heavy atom. The average molecular weight is 278 g/mol. The minimum Gasteiger partial charge on any atom is -0.357 e. The number of aromatic nitrogens is 2. The van der Waals surface area contributed by atoms with E-state index in [0.29, 0.717) is 0 Å².